The zero-order valence-electron chi connectivity index (χ0n) is 10.4. The summed E-state index contributed by atoms with van der Waals surface area (Å²) in [7, 11) is 1.50. The van der Waals surface area contributed by atoms with Crippen molar-refractivity contribution in [2.75, 3.05) is 19.0 Å². The minimum atomic E-state index is -0.374. The number of nitrogens with zero attached hydrogens (tertiary/aromatic N) is 2. The normalized spacial score (nSPS) is 10.2. The van der Waals surface area contributed by atoms with Crippen molar-refractivity contribution in [3.8, 4) is 0 Å². The third-order valence-electron chi connectivity index (χ3n) is 2.55. The third-order valence-corrected chi connectivity index (χ3v) is 2.55. The summed E-state index contributed by atoms with van der Waals surface area (Å²) in [6.45, 7) is 0.112. The fourth-order valence-corrected chi connectivity index (χ4v) is 1.56. The molecule has 0 fully saturated rings. The number of rotatable bonds is 5. The molecule has 0 spiro atoms. The highest BCUT2D eigenvalue weighted by molar-refractivity contribution is 5.96. The first kappa shape index (κ1) is 13.0. The van der Waals surface area contributed by atoms with E-state index < -0.39 is 0 Å². The minimum absolute atomic E-state index is 0.0990. The maximum atomic E-state index is 11.5. The van der Waals surface area contributed by atoms with Gasteiger partial charge < -0.3 is 15.7 Å². The lowest BCUT2D eigenvalue weighted by atomic mass is 10.1. The molecule has 0 atom stereocenters. The van der Waals surface area contributed by atoms with Crippen molar-refractivity contribution in [3.05, 3.63) is 35.5 Å². The molecule has 0 unspecified atom stereocenters. The van der Waals surface area contributed by atoms with E-state index >= 15 is 0 Å². The quantitative estimate of drug-likeness (QED) is 0.733. The zero-order chi connectivity index (χ0) is 13.7. The smallest absolute Gasteiger partial charge is 0.277 e. The van der Waals surface area contributed by atoms with Gasteiger partial charge in [-0.15, -0.1) is 0 Å². The summed E-state index contributed by atoms with van der Waals surface area (Å²) in [5.74, 6) is -0.116. The lowest BCUT2D eigenvalue weighted by Gasteiger charge is -2.04. The van der Waals surface area contributed by atoms with Gasteiger partial charge in [-0.2, -0.15) is 0 Å². The Kier molecular flexibility index (Phi) is 4.09. The van der Waals surface area contributed by atoms with Gasteiger partial charge in [-0.1, -0.05) is 12.1 Å². The van der Waals surface area contributed by atoms with E-state index in [2.05, 4.69) is 25.6 Å². The fraction of sp³-hybridized carbons (Fsp3) is 0.250. The van der Waals surface area contributed by atoms with E-state index in [0.717, 1.165) is 11.3 Å². The molecule has 100 valence electrons. The van der Waals surface area contributed by atoms with Crippen LogP contribution in [0.1, 0.15) is 16.1 Å². The summed E-state index contributed by atoms with van der Waals surface area (Å²) in [5, 5.41) is 21.4. The molecule has 1 aromatic heterocycles. The average molecular weight is 262 g/mol. The zero-order valence-corrected chi connectivity index (χ0v) is 10.4. The first-order chi connectivity index (χ1) is 9.24. The van der Waals surface area contributed by atoms with Crippen molar-refractivity contribution in [1.82, 2.24) is 15.6 Å². The predicted molar refractivity (Wildman–Crippen MR) is 68.2 cm³/mol. The first-order valence-corrected chi connectivity index (χ1v) is 5.76. The molecule has 1 heterocycles. The summed E-state index contributed by atoms with van der Waals surface area (Å²) < 4.78 is 4.55. The van der Waals surface area contributed by atoms with Crippen LogP contribution in [0, 0.1) is 0 Å². The van der Waals surface area contributed by atoms with Gasteiger partial charge in [-0.3, -0.25) is 4.79 Å². The van der Waals surface area contributed by atoms with E-state index in [1.807, 2.05) is 24.3 Å². The first-order valence-electron chi connectivity index (χ1n) is 5.76. The van der Waals surface area contributed by atoms with Gasteiger partial charge in [0.2, 0.25) is 11.5 Å². The van der Waals surface area contributed by atoms with E-state index in [0.29, 0.717) is 6.42 Å². The lowest BCUT2D eigenvalue weighted by Crippen LogP contribution is -2.19. The molecule has 0 saturated carbocycles. The van der Waals surface area contributed by atoms with Crippen LogP contribution >= 0.6 is 0 Å². The molecule has 2 aromatic rings. The van der Waals surface area contributed by atoms with Crippen LogP contribution in [0.3, 0.4) is 0 Å². The molecule has 1 aromatic carbocycles. The van der Waals surface area contributed by atoms with E-state index in [4.69, 9.17) is 5.11 Å². The van der Waals surface area contributed by atoms with Crippen LogP contribution in [-0.2, 0) is 6.42 Å². The number of aliphatic hydroxyl groups is 1. The number of carbonyl (C=O) groups is 1. The summed E-state index contributed by atoms with van der Waals surface area (Å²) in [6.07, 6.45) is 0.606. The second-order valence-electron chi connectivity index (χ2n) is 3.84. The molecule has 2 rings (SSSR count). The van der Waals surface area contributed by atoms with Gasteiger partial charge in [0.25, 0.3) is 5.91 Å². The molecule has 3 N–H and O–H groups in total. The highest BCUT2D eigenvalue weighted by Crippen LogP contribution is 2.18. The number of aliphatic hydroxyl groups excluding tert-OH is 1. The highest BCUT2D eigenvalue weighted by Gasteiger charge is 2.16. The van der Waals surface area contributed by atoms with Gasteiger partial charge >= 0.3 is 0 Å². The Balaban J connectivity index is 2.13. The van der Waals surface area contributed by atoms with Crippen LogP contribution < -0.4 is 10.6 Å². The molecular formula is C12H14N4O3. The maximum absolute atomic E-state index is 11.5. The summed E-state index contributed by atoms with van der Waals surface area (Å²) >= 11 is 0. The molecule has 0 saturated heterocycles. The Labute approximate surface area is 109 Å². The Morgan fingerprint density at radius 1 is 1.32 bits per heavy atom. The molecule has 7 nitrogen and oxygen atoms in total. The van der Waals surface area contributed by atoms with Gasteiger partial charge in [0.15, 0.2) is 0 Å². The van der Waals surface area contributed by atoms with E-state index in [9.17, 15) is 4.79 Å². The molecule has 0 bridgehead atoms. The summed E-state index contributed by atoms with van der Waals surface area (Å²) in [5.41, 5.74) is 1.88. The SMILES string of the molecule is CNC(=O)c1nonc1Nc1ccc(CCO)cc1. The van der Waals surface area contributed by atoms with E-state index in [-0.39, 0.29) is 24.0 Å². The number of hydrogen-bond donors (Lipinski definition) is 3. The Bertz CT molecular complexity index is 550. The number of hydrogen-bond acceptors (Lipinski definition) is 6. The standard InChI is InChI=1S/C12H14N4O3/c1-13-12(18)10-11(16-19-15-10)14-9-4-2-8(3-5-9)6-7-17/h2-5,17H,6-7H2,1H3,(H,13,18)(H,14,16). The van der Waals surface area contributed by atoms with Gasteiger partial charge in [-0.25, -0.2) is 4.63 Å². The van der Waals surface area contributed by atoms with Crippen LogP contribution in [0.5, 0.6) is 0 Å². The molecule has 0 aliphatic carbocycles. The van der Waals surface area contributed by atoms with Crippen molar-refractivity contribution < 1.29 is 14.5 Å². The van der Waals surface area contributed by atoms with Crippen LogP contribution in [0.25, 0.3) is 0 Å². The van der Waals surface area contributed by atoms with Gasteiger partial charge in [0, 0.05) is 19.3 Å². The van der Waals surface area contributed by atoms with E-state index in [1.165, 1.54) is 7.05 Å². The monoisotopic (exact) mass is 262 g/mol. The molecule has 1 amide bonds. The summed E-state index contributed by atoms with van der Waals surface area (Å²) in [4.78, 5) is 11.5. The molecule has 7 heteroatoms. The Hall–Kier alpha value is -2.41. The lowest BCUT2D eigenvalue weighted by molar-refractivity contribution is 0.0954. The number of benzene rings is 1. The number of anilines is 2. The Morgan fingerprint density at radius 2 is 2.05 bits per heavy atom. The highest BCUT2D eigenvalue weighted by atomic mass is 16.6. The third kappa shape index (κ3) is 3.08. The van der Waals surface area contributed by atoms with Crippen LogP contribution in [0.2, 0.25) is 0 Å². The number of aromatic nitrogens is 2. The van der Waals surface area contributed by atoms with Gasteiger partial charge in [0.05, 0.1) is 0 Å². The van der Waals surface area contributed by atoms with Gasteiger partial charge in [-0.05, 0) is 34.4 Å². The van der Waals surface area contributed by atoms with Crippen molar-refractivity contribution >= 4 is 17.4 Å². The number of amides is 1. The topological polar surface area (TPSA) is 100 Å². The predicted octanol–water partition coefficient (Wildman–Crippen LogP) is 0.708. The van der Waals surface area contributed by atoms with Crippen molar-refractivity contribution in [1.29, 1.82) is 0 Å². The molecule has 0 aliphatic heterocycles. The molecule has 19 heavy (non-hydrogen) atoms. The van der Waals surface area contributed by atoms with Crippen molar-refractivity contribution in [3.63, 3.8) is 0 Å². The van der Waals surface area contributed by atoms with Gasteiger partial charge in [0.1, 0.15) is 0 Å². The second kappa shape index (κ2) is 5.96. The fourth-order valence-electron chi connectivity index (χ4n) is 1.56. The molecule has 0 aliphatic rings. The number of carbonyl (C=O) groups excluding carboxylic acids is 1. The Morgan fingerprint density at radius 3 is 2.68 bits per heavy atom. The molecule has 0 radical (unpaired) electrons. The average Bonchev–Trinajstić information content (AvgIpc) is 2.88. The molecular weight excluding hydrogens is 248 g/mol. The number of nitrogens with one attached hydrogen (secondary N) is 2. The largest absolute Gasteiger partial charge is 0.396 e. The van der Waals surface area contributed by atoms with Crippen molar-refractivity contribution in [2.24, 2.45) is 0 Å². The van der Waals surface area contributed by atoms with Crippen LogP contribution in [-0.4, -0.2) is 35.0 Å². The summed E-state index contributed by atoms with van der Waals surface area (Å²) in [6, 6.07) is 7.41. The van der Waals surface area contributed by atoms with E-state index in [1.54, 1.807) is 0 Å². The minimum Gasteiger partial charge on any atom is -0.396 e. The van der Waals surface area contributed by atoms with Crippen LogP contribution in [0.15, 0.2) is 28.9 Å². The maximum Gasteiger partial charge on any atom is 0.277 e. The van der Waals surface area contributed by atoms with Crippen LogP contribution in [0.4, 0.5) is 11.5 Å². The van der Waals surface area contributed by atoms with Crippen molar-refractivity contribution in [2.45, 2.75) is 6.42 Å². The second-order valence-corrected chi connectivity index (χ2v) is 3.84.